The van der Waals surface area contributed by atoms with Crippen molar-refractivity contribution in [1.29, 1.82) is 0 Å². The molecule has 0 bridgehead atoms. The van der Waals surface area contributed by atoms with Gasteiger partial charge in [0, 0.05) is 61.0 Å². The number of aliphatic hydroxyl groups excluding tert-OH is 1. The quantitative estimate of drug-likeness (QED) is 0.120. The molecular weight excluding hydrogens is 782 g/mol. The summed E-state index contributed by atoms with van der Waals surface area (Å²) in [5.74, 6) is -1.06. The first-order chi connectivity index (χ1) is 28.6. The van der Waals surface area contributed by atoms with Gasteiger partial charge in [0.2, 0.25) is 0 Å². The molecule has 6 rings (SSSR count). The van der Waals surface area contributed by atoms with Crippen molar-refractivity contribution >= 4 is 34.6 Å². The van der Waals surface area contributed by atoms with Crippen LogP contribution < -0.4 is 15.6 Å². The number of alkyl carbamates (subject to hydrolysis) is 1. The summed E-state index contributed by atoms with van der Waals surface area (Å²) in [6.45, 7) is 7.57. The topological polar surface area (TPSA) is 147 Å². The van der Waals surface area contributed by atoms with Crippen LogP contribution in [0, 0.1) is 5.41 Å². The van der Waals surface area contributed by atoms with E-state index in [2.05, 4.69) is 20.6 Å². The first-order valence-corrected chi connectivity index (χ1v) is 20.3. The van der Waals surface area contributed by atoms with Crippen LogP contribution in [0.3, 0.4) is 0 Å². The van der Waals surface area contributed by atoms with Crippen molar-refractivity contribution in [2.45, 2.75) is 96.8 Å². The first kappa shape index (κ1) is 44.4. The minimum atomic E-state index is -4.53. The number of carbonyl (C=O) groups is 3. The van der Waals surface area contributed by atoms with E-state index < -0.39 is 54.3 Å². The number of fused-ring (bicyclic) bond motifs is 1. The summed E-state index contributed by atoms with van der Waals surface area (Å²) in [6, 6.07) is 16.2. The van der Waals surface area contributed by atoms with Gasteiger partial charge in [0.15, 0.2) is 0 Å². The Morgan fingerprint density at radius 2 is 1.83 bits per heavy atom. The highest BCUT2D eigenvalue weighted by Gasteiger charge is 2.37. The fourth-order valence-corrected chi connectivity index (χ4v) is 7.98. The number of hydrogen-bond acceptors (Lipinski definition) is 10. The maximum atomic E-state index is 14.4. The number of aromatic nitrogens is 2. The van der Waals surface area contributed by atoms with Gasteiger partial charge in [-0.3, -0.25) is 19.6 Å². The Labute approximate surface area is 348 Å². The van der Waals surface area contributed by atoms with Crippen LogP contribution in [0.1, 0.15) is 69.7 Å². The number of methoxy groups -OCH3 is 1. The highest BCUT2D eigenvalue weighted by atomic mass is 19.4. The van der Waals surface area contributed by atoms with Gasteiger partial charge in [-0.25, -0.2) is 10.2 Å². The molecule has 2 amide bonds. The lowest BCUT2D eigenvalue weighted by Gasteiger charge is -2.38. The van der Waals surface area contributed by atoms with E-state index in [1.54, 1.807) is 24.4 Å². The Balaban J connectivity index is 1.32. The van der Waals surface area contributed by atoms with Crippen LogP contribution >= 0.6 is 0 Å². The summed E-state index contributed by atoms with van der Waals surface area (Å²) in [5.41, 5.74) is 6.57. The summed E-state index contributed by atoms with van der Waals surface area (Å²) in [7, 11) is 1.28. The fraction of sp³-hybridized carbons (Fsp3) is 0.500. The van der Waals surface area contributed by atoms with Crippen molar-refractivity contribution in [2.24, 2.45) is 5.41 Å². The lowest BCUT2D eigenvalue weighted by Crippen LogP contribution is -2.60. The Morgan fingerprint density at radius 3 is 2.53 bits per heavy atom. The number of ether oxygens (including phenoxy) is 3. The van der Waals surface area contributed by atoms with Gasteiger partial charge in [-0.05, 0) is 72.1 Å². The standard InChI is InChI=1S/C44H55F3N6O7/c1-28(2)38-32(13-9-17-48-38)39-34(23-43(3,4)27-54)33-21-30(15-16-37(33)52(39)26-44(45,46)47)51-19-20-59-31(24-51)22-36(49-42(57)60-25-29-11-7-6-8-12-29)40(55)53-18-10-14-35(50-53)41(56)58-5/h6-9,11-13,15-17,21,28,31,35-36,50,54H,10,14,18-20,22-27H2,1-5H3,(H,49,57)/t31-,35-,36-/m0/s1. The molecule has 3 N–H and O–H groups in total. The molecule has 0 saturated carbocycles. The number of amides is 2. The molecule has 0 unspecified atom stereocenters. The van der Waals surface area contributed by atoms with Crippen LogP contribution in [0.2, 0.25) is 0 Å². The molecule has 2 aromatic heterocycles. The van der Waals surface area contributed by atoms with E-state index in [1.807, 2.05) is 70.2 Å². The molecule has 16 heteroatoms. The molecule has 3 atom stereocenters. The van der Waals surface area contributed by atoms with Gasteiger partial charge >= 0.3 is 18.2 Å². The maximum absolute atomic E-state index is 14.4. The van der Waals surface area contributed by atoms with Crippen molar-refractivity contribution in [3.05, 3.63) is 83.7 Å². The average molecular weight is 837 g/mol. The Kier molecular flexibility index (Phi) is 14.1. The number of morpholine rings is 1. The number of aliphatic hydroxyl groups is 1. The van der Waals surface area contributed by atoms with E-state index in [-0.39, 0.29) is 32.2 Å². The van der Waals surface area contributed by atoms with Gasteiger partial charge in [0.1, 0.15) is 25.2 Å². The number of hydrazine groups is 1. The Hall–Kier alpha value is -5.19. The van der Waals surface area contributed by atoms with E-state index in [4.69, 9.17) is 14.2 Å². The monoisotopic (exact) mass is 836 g/mol. The Morgan fingerprint density at radius 1 is 1.07 bits per heavy atom. The van der Waals surface area contributed by atoms with E-state index in [9.17, 15) is 32.7 Å². The maximum Gasteiger partial charge on any atom is 0.408 e. The highest BCUT2D eigenvalue weighted by Crippen LogP contribution is 2.42. The molecule has 4 aromatic rings. The molecule has 2 aromatic carbocycles. The van der Waals surface area contributed by atoms with Crippen LogP contribution in [0.5, 0.6) is 0 Å². The summed E-state index contributed by atoms with van der Waals surface area (Å²) in [6.07, 6.45) is -2.91. The van der Waals surface area contributed by atoms with Gasteiger partial charge in [0.25, 0.3) is 5.91 Å². The molecule has 2 saturated heterocycles. The van der Waals surface area contributed by atoms with Crippen molar-refractivity contribution < 1.29 is 46.9 Å². The minimum absolute atomic E-state index is 0.0143. The second kappa shape index (κ2) is 19.0. The molecule has 0 radical (unpaired) electrons. The number of carbonyl (C=O) groups excluding carboxylic acids is 3. The van der Waals surface area contributed by atoms with Gasteiger partial charge in [-0.15, -0.1) is 0 Å². The van der Waals surface area contributed by atoms with Crippen LogP contribution in [0.15, 0.2) is 66.9 Å². The first-order valence-electron chi connectivity index (χ1n) is 20.3. The molecule has 0 aliphatic carbocycles. The van der Waals surface area contributed by atoms with E-state index in [0.717, 1.165) is 11.3 Å². The van der Waals surface area contributed by atoms with E-state index >= 15 is 0 Å². The van der Waals surface area contributed by atoms with Gasteiger partial charge in [0.05, 0.1) is 31.2 Å². The highest BCUT2D eigenvalue weighted by molar-refractivity contribution is 5.95. The zero-order valence-corrected chi connectivity index (χ0v) is 34.8. The molecule has 324 valence electrons. The summed E-state index contributed by atoms with van der Waals surface area (Å²) in [4.78, 5) is 46.3. The smallest absolute Gasteiger partial charge is 0.408 e. The zero-order valence-electron chi connectivity index (χ0n) is 34.8. The average Bonchev–Trinajstić information content (AvgIpc) is 3.52. The normalized spacial score (nSPS) is 18.1. The third-order valence-electron chi connectivity index (χ3n) is 11.0. The second-order valence-electron chi connectivity index (χ2n) is 16.6. The lowest BCUT2D eigenvalue weighted by atomic mass is 9.84. The predicted molar refractivity (Wildman–Crippen MR) is 220 cm³/mol. The number of pyridine rings is 1. The number of nitrogens with zero attached hydrogens (tertiary/aromatic N) is 4. The molecule has 2 aliphatic rings. The van der Waals surface area contributed by atoms with Gasteiger partial charge in [-0.2, -0.15) is 13.2 Å². The lowest BCUT2D eigenvalue weighted by molar-refractivity contribution is -0.150. The van der Waals surface area contributed by atoms with Crippen LogP contribution in [-0.2, 0) is 43.4 Å². The molecule has 2 fully saturated rings. The van der Waals surface area contributed by atoms with Crippen molar-refractivity contribution in [1.82, 2.24) is 25.3 Å². The number of alkyl halides is 3. The van der Waals surface area contributed by atoms with E-state index in [1.165, 1.54) is 16.7 Å². The largest absolute Gasteiger partial charge is 0.468 e. The number of nitrogens with one attached hydrogen (secondary N) is 2. The molecule has 2 aliphatic heterocycles. The Bertz CT molecular complexity index is 2130. The summed E-state index contributed by atoms with van der Waals surface area (Å²) < 4.78 is 61.1. The number of benzene rings is 2. The minimum Gasteiger partial charge on any atom is -0.468 e. The van der Waals surface area contributed by atoms with E-state index in [0.29, 0.717) is 72.3 Å². The van der Waals surface area contributed by atoms with Crippen molar-refractivity contribution in [2.75, 3.05) is 44.9 Å². The number of rotatable bonds is 14. The third-order valence-corrected chi connectivity index (χ3v) is 11.0. The zero-order chi connectivity index (χ0) is 43.2. The predicted octanol–water partition coefficient (Wildman–Crippen LogP) is 6.51. The van der Waals surface area contributed by atoms with Crippen LogP contribution in [0.25, 0.3) is 22.2 Å². The number of anilines is 1. The van der Waals surface area contributed by atoms with Crippen LogP contribution in [0.4, 0.5) is 23.7 Å². The number of esters is 1. The number of hydrogen-bond donors (Lipinski definition) is 3. The van der Waals surface area contributed by atoms with Crippen molar-refractivity contribution in [3.8, 4) is 11.3 Å². The summed E-state index contributed by atoms with van der Waals surface area (Å²) >= 11 is 0. The fourth-order valence-electron chi connectivity index (χ4n) is 7.98. The van der Waals surface area contributed by atoms with Gasteiger partial charge in [-0.1, -0.05) is 58.0 Å². The second-order valence-corrected chi connectivity index (χ2v) is 16.6. The van der Waals surface area contributed by atoms with Crippen molar-refractivity contribution in [3.63, 3.8) is 0 Å². The third kappa shape index (κ3) is 10.8. The molecular formula is C44H55F3N6O7. The molecule has 4 heterocycles. The molecule has 0 spiro atoms. The SMILES string of the molecule is COC(=O)[C@@H]1CCCN(C(=O)[C@H](C[C@H]2CN(c3ccc4c(c3)c(CC(C)(C)CO)c(-c3cccnc3C(C)C)n4CC(F)(F)F)CCO2)NC(=O)OCc2ccccc2)N1. The van der Waals surface area contributed by atoms with Gasteiger partial charge < -0.3 is 34.1 Å². The molecule has 13 nitrogen and oxygen atoms in total. The summed E-state index contributed by atoms with van der Waals surface area (Å²) in [5, 5.41) is 15.1. The number of halogens is 3. The van der Waals surface area contributed by atoms with Crippen LogP contribution in [-0.4, -0.2) is 102 Å². The molecule has 60 heavy (non-hydrogen) atoms.